The van der Waals surface area contributed by atoms with Gasteiger partial charge in [-0.15, -0.1) is 0 Å². The maximum Gasteiger partial charge on any atom is 0.255 e. The molecule has 0 atom stereocenters. The molecule has 0 heterocycles. The van der Waals surface area contributed by atoms with Crippen LogP contribution in [-0.2, 0) is 0 Å². The van der Waals surface area contributed by atoms with Crippen molar-refractivity contribution in [3.8, 4) is 11.5 Å². The molecule has 2 N–H and O–H groups in total. The molecule has 0 aliphatic rings. The molecule has 150 valence electrons. The van der Waals surface area contributed by atoms with Crippen molar-refractivity contribution in [1.82, 2.24) is 0 Å². The fourth-order valence-electron chi connectivity index (χ4n) is 3.28. The second kappa shape index (κ2) is 8.57. The van der Waals surface area contributed by atoms with E-state index >= 15 is 0 Å². The topological polar surface area (TPSA) is 59.6 Å². The number of carbonyl (C=O) groups is 1. The van der Waals surface area contributed by atoms with Gasteiger partial charge >= 0.3 is 0 Å². The largest absolute Gasteiger partial charge is 0.497 e. The van der Waals surface area contributed by atoms with E-state index in [0.29, 0.717) is 11.3 Å². The molecule has 4 rings (SSSR count). The summed E-state index contributed by atoms with van der Waals surface area (Å²) in [5, 5.41) is 8.34. The Kier molecular flexibility index (Phi) is 5.52. The summed E-state index contributed by atoms with van der Waals surface area (Å²) in [6.45, 7) is 0. The maximum absolute atomic E-state index is 12.9. The van der Waals surface area contributed by atoms with E-state index in [4.69, 9.17) is 9.47 Å². The van der Waals surface area contributed by atoms with E-state index in [9.17, 15) is 4.79 Å². The maximum atomic E-state index is 12.9. The number of fused-ring (bicyclic) bond motifs is 1. The van der Waals surface area contributed by atoms with Gasteiger partial charge in [-0.3, -0.25) is 4.79 Å². The standard InChI is InChI=1S/C25H22N2O3/c1-29-20-14-13-17-15-19(12-11-18(17)16-20)25(28)27-22-8-4-3-7-21(22)26-23-9-5-6-10-24(23)30-2/h3-16,26H,1-2H3,(H,27,28). The lowest BCUT2D eigenvalue weighted by Gasteiger charge is -2.15. The Morgan fingerprint density at radius 3 is 2.13 bits per heavy atom. The summed E-state index contributed by atoms with van der Waals surface area (Å²) in [4.78, 5) is 12.9. The third-order valence-corrected chi connectivity index (χ3v) is 4.86. The molecular weight excluding hydrogens is 376 g/mol. The third kappa shape index (κ3) is 4.05. The van der Waals surface area contributed by atoms with Gasteiger partial charge in [0.15, 0.2) is 0 Å². The van der Waals surface area contributed by atoms with Crippen LogP contribution in [0.1, 0.15) is 10.4 Å². The highest BCUT2D eigenvalue weighted by atomic mass is 16.5. The number of hydrogen-bond acceptors (Lipinski definition) is 4. The summed E-state index contributed by atoms with van der Waals surface area (Å²) in [5.74, 6) is 1.33. The zero-order chi connectivity index (χ0) is 20.9. The summed E-state index contributed by atoms with van der Waals surface area (Å²) in [6.07, 6.45) is 0. The molecule has 0 aliphatic carbocycles. The monoisotopic (exact) mass is 398 g/mol. The van der Waals surface area contributed by atoms with E-state index in [-0.39, 0.29) is 5.91 Å². The van der Waals surface area contributed by atoms with Crippen LogP contribution in [0.25, 0.3) is 10.8 Å². The van der Waals surface area contributed by atoms with Gasteiger partial charge in [0, 0.05) is 5.56 Å². The summed E-state index contributed by atoms with van der Waals surface area (Å²) < 4.78 is 10.7. The molecule has 0 fully saturated rings. The van der Waals surface area contributed by atoms with E-state index < -0.39 is 0 Å². The van der Waals surface area contributed by atoms with Gasteiger partial charge in [0.1, 0.15) is 11.5 Å². The molecule has 0 unspecified atom stereocenters. The SMILES string of the molecule is COc1ccc2cc(C(=O)Nc3ccccc3Nc3ccccc3OC)ccc2c1. The van der Waals surface area contributed by atoms with Crippen molar-refractivity contribution in [3.05, 3.63) is 90.5 Å². The molecule has 5 nitrogen and oxygen atoms in total. The number of rotatable bonds is 6. The molecule has 30 heavy (non-hydrogen) atoms. The van der Waals surface area contributed by atoms with Gasteiger partial charge < -0.3 is 20.1 Å². The van der Waals surface area contributed by atoms with E-state index in [1.807, 2.05) is 84.9 Å². The number of ether oxygens (including phenoxy) is 2. The minimum atomic E-state index is -0.179. The quantitative estimate of drug-likeness (QED) is 0.427. The van der Waals surface area contributed by atoms with Crippen LogP contribution in [0.5, 0.6) is 11.5 Å². The Morgan fingerprint density at radius 1 is 0.700 bits per heavy atom. The molecule has 1 amide bonds. The Balaban J connectivity index is 1.58. The molecule has 0 radical (unpaired) electrons. The minimum Gasteiger partial charge on any atom is -0.497 e. The molecule has 0 aromatic heterocycles. The van der Waals surface area contributed by atoms with Crippen molar-refractivity contribution < 1.29 is 14.3 Å². The Morgan fingerprint density at radius 2 is 1.37 bits per heavy atom. The molecule has 0 aliphatic heterocycles. The number of benzene rings is 4. The lowest BCUT2D eigenvalue weighted by molar-refractivity contribution is 0.102. The van der Waals surface area contributed by atoms with Crippen LogP contribution in [0.4, 0.5) is 17.1 Å². The van der Waals surface area contributed by atoms with Crippen LogP contribution >= 0.6 is 0 Å². The van der Waals surface area contributed by atoms with Crippen LogP contribution in [-0.4, -0.2) is 20.1 Å². The molecule has 0 bridgehead atoms. The fraction of sp³-hybridized carbons (Fsp3) is 0.0800. The first-order chi connectivity index (χ1) is 14.7. The first-order valence-corrected chi connectivity index (χ1v) is 9.56. The zero-order valence-corrected chi connectivity index (χ0v) is 16.8. The molecular formula is C25H22N2O3. The van der Waals surface area contributed by atoms with Gasteiger partial charge in [-0.25, -0.2) is 0 Å². The molecule has 4 aromatic rings. The normalized spacial score (nSPS) is 10.5. The minimum absolute atomic E-state index is 0.179. The van der Waals surface area contributed by atoms with Gasteiger partial charge in [0.25, 0.3) is 5.91 Å². The van der Waals surface area contributed by atoms with Crippen molar-refractivity contribution in [2.24, 2.45) is 0 Å². The van der Waals surface area contributed by atoms with Crippen LogP contribution in [0.15, 0.2) is 84.9 Å². The van der Waals surface area contributed by atoms with Crippen LogP contribution in [0, 0.1) is 0 Å². The van der Waals surface area contributed by atoms with E-state index in [1.165, 1.54) is 0 Å². The summed E-state index contributed by atoms with van der Waals surface area (Å²) in [7, 11) is 3.27. The molecule has 0 spiro atoms. The summed E-state index contributed by atoms with van der Waals surface area (Å²) >= 11 is 0. The van der Waals surface area contributed by atoms with Gasteiger partial charge in [0.05, 0.1) is 31.3 Å². The Hall–Kier alpha value is -3.99. The van der Waals surface area contributed by atoms with Crippen LogP contribution in [0.3, 0.4) is 0 Å². The number of hydrogen-bond donors (Lipinski definition) is 2. The summed E-state index contributed by atoms with van der Waals surface area (Å²) in [6, 6.07) is 26.6. The van der Waals surface area contributed by atoms with Gasteiger partial charge in [0.2, 0.25) is 0 Å². The first-order valence-electron chi connectivity index (χ1n) is 9.56. The van der Waals surface area contributed by atoms with Crippen LogP contribution in [0.2, 0.25) is 0 Å². The number of amides is 1. The van der Waals surface area contributed by atoms with Crippen LogP contribution < -0.4 is 20.1 Å². The second-order valence-electron chi connectivity index (χ2n) is 6.75. The predicted octanol–water partition coefficient (Wildman–Crippen LogP) is 5.85. The molecule has 0 saturated heterocycles. The van der Waals surface area contributed by atoms with Crippen molar-refractivity contribution in [2.75, 3.05) is 24.9 Å². The van der Waals surface area contributed by atoms with Crippen molar-refractivity contribution >= 4 is 33.7 Å². The highest BCUT2D eigenvalue weighted by Gasteiger charge is 2.11. The van der Waals surface area contributed by atoms with E-state index in [2.05, 4.69) is 10.6 Å². The Labute approximate surface area is 175 Å². The second-order valence-corrected chi connectivity index (χ2v) is 6.75. The average Bonchev–Trinajstić information content (AvgIpc) is 2.80. The highest BCUT2D eigenvalue weighted by Crippen LogP contribution is 2.31. The summed E-state index contributed by atoms with van der Waals surface area (Å²) in [5.41, 5.74) is 2.87. The van der Waals surface area contributed by atoms with Gasteiger partial charge in [-0.1, -0.05) is 36.4 Å². The fourth-order valence-corrected chi connectivity index (χ4v) is 3.28. The Bertz CT molecular complexity index is 1200. The number of para-hydroxylation sites is 4. The lowest BCUT2D eigenvalue weighted by Crippen LogP contribution is -2.13. The van der Waals surface area contributed by atoms with Crippen molar-refractivity contribution in [3.63, 3.8) is 0 Å². The first kappa shape index (κ1) is 19.3. The van der Waals surface area contributed by atoms with Crippen molar-refractivity contribution in [2.45, 2.75) is 0 Å². The number of nitrogens with one attached hydrogen (secondary N) is 2. The lowest BCUT2D eigenvalue weighted by atomic mass is 10.1. The smallest absolute Gasteiger partial charge is 0.255 e. The molecule has 4 aromatic carbocycles. The van der Waals surface area contributed by atoms with E-state index in [1.54, 1.807) is 14.2 Å². The number of carbonyl (C=O) groups excluding carboxylic acids is 1. The zero-order valence-electron chi connectivity index (χ0n) is 16.8. The molecule has 0 saturated carbocycles. The van der Waals surface area contributed by atoms with Crippen molar-refractivity contribution in [1.29, 1.82) is 0 Å². The third-order valence-electron chi connectivity index (χ3n) is 4.86. The van der Waals surface area contributed by atoms with Gasteiger partial charge in [-0.05, 0) is 59.3 Å². The number of anilines is 3. The van der Waals surface area contributed by atoms with Gasteiger partial charge in [-0.2, -0.15) is 0 Å². The highest BCUT2D eigenvalue weighted by molar-refractivity contribution is 6.08. The average molecular weight is 398 g/mol. The number of methoxy groups -OCH3 is 2. The predicted molar refractivity (Wildman–Crippen MR) is 121 cm³/mol. The van der Waals surface area contributed by atoms with E-state index in [0.717, 1.165) is 33.6 Å². The molecule has 5 heteroatoms.